The molecular formula is C16H17F3N2O4. The van der Waals surface area contributed by atoms with Crippen molar-refractivity contribution in [2.24, 2.45) is 0 Å². The highest BCUT2D eigenvalue weighted by molar-refractivity contribution is 5.95. The van der Waals surface area contributed by atoms with Crippen LogP contribution < -0.4 is 4.74 Å². The molecule has 6 nitrogen and oxygen atoms in total. The van der Waals surface area contributed by atoms with Gasteiger partial charge in [-0.25, -0.2) is 4.39 Å². The second kappa shape index (κ2) is 6.55. The van der Waals surface area contributed by atoms with Gasteiger partial charge in [-0.05, 0) is 18.2 Å². The fourth-order valence-corrected chi connectivity index (χ4v) is 3.17. The van der Waals surface area contributed by atoms with Crippen molar-refractivity contribution in [1.82, 2.24) is 9.80 Å². The lowest BCUT2D eigenvalue weighted by molar-refractivity contribution is -0.135. The van der Waals surface area contributed by atoms with Gasteiger partial charge in [-0.15, -0.1) is 0 Å². The van der Waals surface area contributed by atoms with Crippen LogP contribution >= 0.6 is 0 Å². The highest BCUT2D eigenvalue weighted by Crippen LogP contribution is 2.34. The van der Waals surface area contributed by atoms with E-state index in [4.69, 9.17) is 4.74 Å². The van der Waals surface area contributed by atoms with Crippen LogP contribution in [0, 0.1) is 5.82 Å². The number of hydrogen-bond acceptors (Lipinski definition) is 4. The maximum atomic E-state index is 14.0. The summed E-state index contributed by atoms with van der Waals surface area (Å²) in [5, 5.41) is 0. The first kappa shape index (κ1) is 17.5. The third-order valence-corrected chi connectivity index (χ3v) is 4.68. The number of carbonyl (C=O) groups excluding carboxylic acids is 2. The van der Waals surface area contributed by atoms with E-state index in [1.165, 1.54) is 9.80 Å². The number of nitrogens with zero attached hydrogens (tertiary/aromatic N) is 2. The van der Waals surface area contributed by atoms with Crippen molar-refractivity contribution < 1.29 is 32.2 Å². The molecule has 2 aliphatic rings. The molecule has 0 aromatic heterocycles. The smallest absolute Gasteiger partial charge is 0.387 e. The van der Waals surface area contributed by atoms with Crippen LogP contribution in [0.4, 0.5) is 13.2 Å². The van der Waals surface area contributed by atoms with Crippen LogP contribution in [-0.4, -0.2) is 60.7 Å². The maximum Gasteiger partial charge on any atom is 0.387 e. The van der Waals surface area contributed by atoms with E-state index in [1.807, 2.05) is 0 Å². The minimum absolute atomic E-state index is 0.00604. The molecule has 0 bridgehead atoms. The van der Waals surface area contributed by atoms with Crippen LogP contribution in [-0.2, 0) is 9.53 Å². The Balaban J connectivity index is 1.72. The molecule has 0 unspecified atom stereocenters. The highest BCUT2D eigenvalue weighted by Gasteiger charge is 2.47. The molecule has 0 aliphatic carbocycles. The molecule has 2 heterocycles. The van der Waals surface area contributed by atoms with E-state index < -0.39 is 24.1 Å². The van der Waals surface area contributed by atoms with Crippen LogP contribution in [0.5, 0.6) is 5.75 Å². The lowest BCUT2D eigenvalue weighted by atomic mass is 9.98. The van der Waals surface area contributed by atoms with E-state index in [9.17, 15) is 22.8 Å². The van der Waals surface area contributed by atoms with Gasteiger partial charge in [-0.2, -0.15) is 8.78 Å². The SMILES string of the molecule is CN1C(=O)COC12CCN(C(=O)c1cc(OC(F)F)ccc1F)CC2. The van der Waals surface area contributed by atoms with Crippen LogP contribution in [0.3, 0.4) is 0 Å². The third kappa shape index (κ3) is 3.28. The Bertz CT molecular complexity index is 690. The number of piperidine rings is 1. The molecule has 1 aromatic rings. The normalized spacial score (nSPS) is 19.8. The average molecular weight is 358 g/mol. The van der Waals surface area contributed by atoms with Crippen molar-refractivity contribution in [3.05, 3.63) is 29.6 Å². The summed E-state index contributed by atoms with van der Waals surface area (Å²) in [5.41, 5.74) is -1.06. The fourth-order valence-electron chi connectivity index (χ4n) is 3.17. The van der Waals surface area contributed by atoms with E-state index in [-0.39, 0.29) is 36.9 Å². The first-order chi connectivity index (χ1) is 11.8. The molecule has 3 rings (SSSR count). The number of carbonyl (C=O) groups is 2. The molecule has 2 aliphatic heterocycles. The van der Waals surface area contributed by atoms with Crippen molar-refractivity contribution in [3.8, 4) is 5.75 Å². The van der Waals surface area contributed by atoms with Gasteiger partial charge in [0.2, 0.25) is 0 Å². The number of likely N-dealkylation sites (N-methyl/N-ethyl adjacent to an activating group) is 1. The van der Waals surface area contributed by atoms with E-state index >= 15 is 0 Å². The van der Waals surface area contributed by atoms with Gasteiger partial charge < -0.3 is 19.3 Å². The molecule has 0 N–H and O–H groups in total. The minimum atomic E-state index is -3.06. The third-order valence-electron chi connectivity index (χ3n) is 4.68. The zero-order valence-corrected chi connectivity index (χ0v) is 13.5. The second-order valence-corrected chi connectivity index (χ2v) is 6.00. The standard InChI is InChI=1S/C16H17F3N2O4/c1-20-13(22)9-24-16(20)4-6-21(7-5-16)14(23)11-8-10(25-15(18)19)2-3-12(11)17/h2-3,8,15H,4-7,9H2,1H3. The molecule has 2 saturated heterocycles. The Morgan fingerprint density at radius 2 is 2.00 bits per heavy atom. The van der Waals surface area contributed by atoms with Crippen molar-refractivity contribution in [2.45, 2.75) is 25.2 Å². The molecule has 2 fully saturated rings. The van der Waals surface area contributed by atoms with Gasteiger partial charge in [0.1, 0.15) is 23.9 Å². The van der Waals surface area contributed by atoms with Gasteiger partial charge in [-0.1, -0.05) is 0 Å². The lowest BCUT2D eigenvalue weighted by Gasteiger charge is -2.42. The summed E-state index contributed by atoms with van der Waals surface area (Å²) in [4.78, 5) is 27.1. The van der Waals surface area contributed by atoms with Crippen molar-refractivity contribution >= 4 is 11.8 Å². The first-order valence-electron chi connectivity index (χ1n) is 7.77. The number of hydrogen-bond donors (Lipinski definition) is 0. The Morgan fingerprint density at radius 3 is 2.56 bits per heavy atom. The zero-order chi connectivity index (χ0) is 18.2. The van der Waals surface area contributed by atoms with E-state index in [0.29, 0.717) is 12.8 Å². The van der Waals surface area contributed by atoms with Crippen LogP contribution in [0.1, 0.15) is 23.2 Å². The van der Waals surface area contributed by atoms with Gasteiger partial charge in [0.25, 0.3) is 11.8 Å². The molecule has 9 heteroatoms. The van der Waals surface area contributed by atoms with Crippen LogP contribution in [0.15, 0.2) is 18.2 Å². The Hall–Kier alpha value is -2.29. The molecule has 25 heavy (non-hydrogen) atoms. The summed E-state index contributed by atoms with van der Waals surface area (Å²) < 4.78 is 48.3. The quantitative estimate of drug-likeness (QED) is 0.828. The molecule has 1 spiro atoms. The van der Waals surface area contributed by atoms with E-state index in [2.05, 4.69) is 4.74 Å². The number of benzene rings is 1. The van der Waals surface area contributed by atoms with Crippen molar-refractivity contribution in [1.29, 1.82) is 0 Å². The monoisotopic (exact) mass is 358 g/mol. The molecule has 136 valence electrons. The zero-order valence-electron chi connectivity index (χ0n) is 13.5. The van der Waals surface area contributed by atoms with E-state index in [0.717, 1.165) is 18.2 Å². The number of alkyl halides is 2. The summed E-state index contributed by atoms with van der Waals surface area (Å²) in [5.74, 6) is -1.82. The van der Waals surface area contributed by atoms with Crippen LogP contribution in [0.2, 0.25) is 0 Å². The largest absolute Gasteiger partial charge is 0.435 e. The molecule has 2 amide bonds. The Kier molecular flexibility index (Phi) is 4.59. The van der Waals surface area contributed by atoms with Gasteiger partial charge >= 0.3 is 6.61 Å². The lowest BCUT2D eigenvalue weighted by Crippen LogP contribution is -2.53. The van der Waals surface area contributed by atoms with Gasteiger partial charge in [-0.3, -0.25) is 9.59 Å². The van der Waals surface area contributed by atoms with Gasteiger partial charge in [0.15, 0.2) is 0 Å². The number of rotatable bonds is 3. The number of halogens is 3. The average Bonchev–Trinajstić information content (AvgIpc) is 2.85. The number of amides is 2. The Morgan fingerprint density at radius 1 is 1.32 bits per heavy atom. The maximum absolute atomic E-state index is 14.0. The summed E-state index contributed by atoms with van der Waals surface area (Å²) in [6.07, 6.45) is 0.797. The van der Waals surface area contributed by atoms with Crippen molar-refractivity contribution in [2.75, 3.05) is 26.7 Å². The predicted octanol–water partition coefficient (Wildman–Crippen LogP) is 1.85. The second-order valence-electron chi connectivity index (χ2n) is 6.00. The molecular weight excluding hydrogens is 341 g/mol. The van der Waals surface area contributed by atoms with Gasteiger partial charge in [0.05, 0.1) is 5.56 Å². The molecule has 1 aromatic carbocycles. The summed E-state index contributed by atoms with van der Waals surface area (Å²) in [6.45, 7) is -2.53. The summed E-state index contributed by atoms with van der Waals surface area (Å²) in [7, 11) is 1.65. The number of likely N-dealkylation sites (tertiary alicyclic amines) is 1. The first-order valence-corrected chi connectivity index (χ1v) is 7.77. The molecule has 0 radical (unpaired) electrons. The Labute approximate surface area is 142 Å². The van der Waals surface area contributed by atoms with Crippen molar-refractivity contribution in [3.63, 3.8) is 0 Å². The molecule has 0 saturated carbocycles. The number of ether oxygens (including phenoxy) is 2. The molecule has 0 atom stereocenters. The van der Waals surface area contributed by atoms with Crippen LogP contribution in [0.25, 0.3) is 0 Å². The van der Waals surface area contributed by atoms with Gasteiger partial charge in [0, 0.05) is 33.0 Å². The summed E-state index contributed by atoms with van der Waals surface area (Å²) >= 11 is 0. The minimum Gasteiger partial charge on any atom is -0.435 e. The highest BCUT2D eigenvalue weighted by atomic mass is 19.3. The van der Waals surface area contributed by atoms with E-state index in [1.54, 1.807) is 7.05 Å². The topological polar surface area (TPSA) is 59.1 Å². The fraction of sp³-hybridized carbons (Fsp3) is 0.500. The predicted molar refractivity (Wildman–Crippen MR) is 79.6 cm³/mol. The summed E-state index contributed by atoms with van der Waals surface area (Å²) in [6, 6.07) is 2.93.